The van der Waals surface area contributed by atoms with Crippen LogP contribution in [0.2, 0.25) is 0 Å². The Bertz CT molecular complexity index is 1050. The van der Waals surface area contributed by atoms with E-state index in [9.17, 15) is 9.59 Å². The van der Waals surface area contributed by atoms with Crippen LogP contribution in [-0.2, 0) is 9.53 Å². The number of benzene rings is 1. The third kappa shape index (κ3) is 4.80. The van der Waals surface area contributed by atoms with E-state index in [4.69, 9.17) is 4.74 Å². The summed E-state index contributed by atoms with van der Waals surface area (Å²) in [6.07, 6.45) is 8.01. The van der Waals surface area contributed by atoms with Gasteiger partial charge in [0.2, 0.25) is 5.91 Å². The maximum atomic E-state index is 13.4. The Morgan fingerprint density at radius 2 is 2.10 bits per heavy atom. The zero-order valence-corrected chi connectivity index (χ0v) is 17.4. The van der Waals surface area contributed by atoms with Gasteiger partial charge in [-0.3, -0.25) is 14.6 Å². The molecule has 0 bridgehead atoms. The fourth-order valence-electron chi connectivity index (χ4n) is 3.86. The highest BCUT2D eigenvalue weighted by Gasteiger charge is 2.29. The first-order valence-electron chi connectivity index (χ1n) is 10.3. The van der Waals surface area contributed by atoms with Crippen molar-refractivity contribution in [3.05, 3.63) is 72.3 Å². The summed E-state index contributed by atoms with van der Waals surface area (Å²) in [5.74, 6) is -0.269. The number of hydrogen-bond donors (Lipinski definition) is 1. The predicted molar refractivity (Wildman–Crippen MR) is 116 cm³/mol. The number of amides is 2. The quantitative estimate of drug-likeness (QED) is 0.663. The number of carbonyl (C=O) groups is 2. The molecular formula is C23H25N5O3. The lowest BCUT2D eigenvalue weighted by Gasteiger charge is -2.35. The highest BCUT2D eigenvalue weighted by atomic mass is 16.5. The van der Waals surface area contributed by atoms with Crippen molar-refractivity contribution < 1.29 is 14.3 Å². The van der Waals surface area contributed by atoms with Crippen LogP contribution >= 0.6 is 0 Å². The lowest BCUT2D eigenvalue weighted by atomic mass is 9.97. The number of rotatable bonds is 6. The number of methoxy groups -OCH3 is 1. The van der Waals surface area contributed by atoms with E-state index in [-0.39, 0.29) is 24.5 Å². The van der Waals surface area contributed by atoms with Gasteiger partial charge in [0.05, 0.1) is 35.5 Å². The Morgan fingerprint density at radius 3 is 2.90 bits per heavy atom. The maximum Gasteiger partial charge on any atom is 0.254 e. The molecule has 2 amide bonds. The zero-order chi connectivity index (χ0) is 21.6. The molecule has 3 heterocycles. The molecular weight excluding hydrogens is 394 g/mol. The van der Waals surface area contributed by atoms with E-state index in [1.807, 2.05) is 47.4 Å². The molecule has 1 aliphatic heterocycles. The Labute approximate surface area is 180 Å². The van der Waals surface area contributed by atoms with Crippen molar-refractivity contribution in [1.82, 2.24) is 19.7 Å². The SMILES string of the molecule is COCC(=O)Nc1cnn(-c2cccc(C(=O)N3CCCCC3c3ccccn3)c2)c1. The fourth-order valence-corrected chi connectivity index (χ4v) is 3.86. The minimum atomic E-state index is -0.253. The van der Waals surface area contributed by atoms with Crippen LogP contribution in [0.5, 0.6) is 0 Å². The molecule has 2 aromatic heterocycles. The number of aromatic nitrogens is 3. The molecule has 8 heteroatoms. The van der Waals surface area contributed by atoms with E-state index in [2.05, 4.69) is 15.4 Å². The largest absolute Gasteiger partial charge is 0.375 e. The van der Waals surface area contributed by atoms with Gasteiger partial charge in [-0.25, -0.2) is 4.68 Å². The number of piperidine rings is 1. The summed E-state index contributed by atoms with van der Waals surface area (Å²) in [5, 5.41) is 7.02. The second kappa shape index (κ2) is 9.53. The number of likely N-dealkylation sites (tertiary alicyclic amines) is 1. The van der Waals surface area contributed by atoms with E-state index >= 15 is 0 Å². The number of nitrogens with zero attached hydrogens (tertiary/aromatic N) is 4. The van der Waals surface area contributed by atoms with Gasteiger partial charge in [-0.05, 0) is 49.6 Å². The van der Waals surface area contributed by atoms with Crippen LogP contribution in [-0.4, -0.2) is 51.7 Å². The fraction of sp³-hybridized carbons (Fsp3) is 0.304. The van der Waals surface area contributed by atoms with Crippen LogP contribution < -0.4 is 5.32 Å². The van der Waals surface area contributed by atoms with E-state index in [0.717, 1.165) is 30.6 Å². The molecule has 3 aromatic rings. The van der Waals surface area contributed by atoms with Crippen LogP contribution in [0.25, 0.3) is 5.69 Å². The van der Waals surface area contributed by atoms with Gasteiger partial charge >= 0.3 is 0 Å². The molecule has 0 aliphatic carbocycles. The van der Waals surface area contributed by atoms with Crippen LogP contribution in [0, 0.1) is 0 Å². The van der Waals surface area contributed by atoms with Crippen LogP contribution in [0.3, 0.4) is 0 Å². The van der Waals surface area contributed by atoms with Crippen LogP contribution in [0.1, 0.15) is 41.4 Å². The molecule has 0 spiro atoms. The minimum Gasteiger partial charge on any atom is -0.375 e. The Morgan fingerprint density at radius 1 is 1.19 bits per heavy atom. The van der Waals surface area contributed by atoms with Gasteiger partial charge in [-0.1, -0.05) is 12.1 Å². The van der Waals surface area contributed by atoms with Crippen molar-refractivity contribution in [2.75, 3.05) is 25.6 Å². The van der Waals surface area contributed by atoms with Gasteiger partial charge in [0.15, 0.2) is 0 Å². The second-order valence-electron chi connectivity index (χ2n) is 7.47. The van der Waals surface area contributed by atoms with E-state index in [1.165, 1.54) is 7.11 Å². The average molecular weight is 419 g/mol. The summed E-state index contributed by atoms with van der Waals surface area (Å²) in [6.45, 7) is 0.685. The first-order chi connectivity index (χ1) is 15.2. The van der Waals surface area contributed by atoms with Crippen LogP contribution in [0.15, 0.2) is 61.1 Å². The lowest BCUT2D eigenvalue weighted by molar-refractivity contribution is -0.119. The van der Waals surface area contributed by atoms with Crippen molar-refractivity contribution in [2.24, 2.45) is 0 Å². The highest BCUT2D eigenvalue weighted by molar-refractivity contribution is 5.95. The molecule has 1 saturated heterocycles. The molecule has 160 valence electrons. The third-order valence-corrected chi connectivity index (χ3v) is 5.29. The molecule has 1 unspecified atom stereocenters. The van der Waals surface area contributed by atoms with Crippen molar-refractivity contribution in [3.8, 4) is 5.69 Å². The van der Waals surface area contributed by atoms with Gasteiger partial charge in [-0.2, -0.15) is 5.10 Å². The monoisotopic (exact) mass is 419 g/mol. The van der Waals surface area contributed by atoms with Gasteiger partial charge < -0.3 is 15.0 Å². The Balaban J connectivity index is 1.54. The summed E-state index contributed by atoms with van der Waals surface area (Å²) >= 11 is 0. The van der Waals surface area contributed by atoms with E-state index in [1.54, 1.807) is 23.3 Å². The number of hydrogen-bond acceptors (Lipinski definition) is 5. The van der Waals surface area contributed by atoms with Crippen molar-refractivity contribution in [3.63, 3.8) is 0 Å². The molecule has 1 atom stereocenters. The van der Waals surface area contributed by atoms with Crippen molar-refractivity contribution >= 4 is 17.5 Å². The van der Waals surface area contributed by atoms with Gasteiger partial charge in [0.25, 0.3) is 5.91 Å². The van der Waals surface area contributed by atoms with Crippen molar-refractivity contribution in [2.45, 2.75) is 25.3 Å². The summed E-state index contributed by atoms with van der Waals surface area (Å²) in [4.78, 5) is 31.5. The van der Waals surface area contributed by atoms with Crippen LogP contribution in [0.4, 0.5) is 5.69 Å². The molecule has 1 aliphatic rings. The molecule has 4 rings (SSSR count). The number of nitrogens with one attached hydrogen (secondary N) is 1. The molecule has 0 saturated carbocycles. The summed E-state index contributed by atoms with van der Waals surface area (Å²) in [7, 11) is 1.46. The van der Waals surface area contributed by atoms with E-state index < -0.39 is 0 Å². The maximum absolute atomic E-state index is 13.4. The first kappa shape index (κ1) is 20.7. The molecule has 1 N–H and O–H groups in total. The normalized spacial score (nSPS) is 16.2. The first-order valence-corrected chi connectivity index (χ1v) is 10.3. The number of ether oxygens (including phenoxy) is 1. The Hall–Kier alpha value is -3.52. The standard InChI is InChI=1S/C23H25N5O3/c1-31-16-22(29)26-18-14-25-28(15-18)19-8-6-7-17(13-19)23(30)27-12-5-3-10-21(27)20-9-2-4-11-24-20/h2,4,6-9,11,13-15,21H,3,5,10,12,16H2,1H3,(H,26,29). The van der Waals surface area contributed by atoms with Gasteiger partial charge in [0.1, 0.15) is 6.61 Å². The molecule has 31 heavy (non-hydrogen) atoms. The summed E-state index contributed by atoms with van der Waals surface area (Å²) < 4.78 is 6.45. The predicted octanol–water partition coefficient (Wildman–Crippen LogP) is 3.22. The molecule has 0 radical (unpaired) electrons. The second-order valence-corrected chi connectivity index (χ2v) is 7.47. The molecule has 8 nitrogen and oxygen atoms in total. The average Bonchev–Trinajstić information content (AvgIpc) is 3.28. The number of pyridine rings is 1. The number of anilines is 1. The number of carbonyl (C=O) groups excluding carboxylic acids is 2. The third-order valence-electron chi connectivity index (χ3n) is 5.29. The van der Waals surface area contributed by atoms with E-state index in [0.29, 0.717) is 17.8 Å². The zero-order valence-electron chi connectivity index (χ0n) is 17.4. The summed E-state index contributed by atoms with van der Waals surface area (Å²) in [5.41, 5.74) is 2.82. The van der Waals surface area contributed by atoms with Crippen molar-refractivity contribution in [1.29, 1.82) is 0 Å². The highest BCUT2D eigenvalue weighted by Crippen LogP contribution is 2.31. The molecule has 1 fully saturated rings. The lowest BCUT2D eigenvalue weighted by Crippen LogP contribution is -2.38. The summed E-state index contributed by atoms with van der Waals surface area (Å²) in [6, 6.07) is 13.2. The van der Waals surface area contributed by atoms with Gasteiger partial charge in [0, 0.05) is 25.4 Å². The molecule has 1 aromatic carbocycles. The Kier molecular flexibility index (Phi) is 6.37. The minimum absolute atomic E-state index is 0.0154. The topological polar surface area (TPSA) is 89.3 Å². The van der Waals surface area contributed by atoms with Gasteiger partial charge in [-0.15, -0.1) is 0 Å². The smallest absolute Gasteiger partial charge is 0.254 e.